The number of para-hydroxylation sites is 2. The Morgan fingerprint density at radius 2 is 1.57 bits per heavy atom. The molecule has 1 aromatic rings. The molecule has 1 spiro atoms. The van der Waals surface area contributed by atoms with Gasteiger partial charge < -0.3 is 10.2 Å². The van der Waals surface area contributed by atoms with Gasteiger partial charge in [-0.2, -0.15) is 0 Å². The van der Waals surface area contributed by atoms with Gasteiger partial charge in [0.05, 0.1) is 17.9 Å². The monoisotopic (exact) mass is 288 g/mol. The summed E-state index contributed by atoms with van der Waals surface area (Å²) in [6.45, 7) is 0.170. The van der Waals surface area contributed by atoms with E-state index in [1.807, 2.05) is 36.2 Å². The summed E-state index contributed by atoms with van der Waals surface area (Å²) in [7, 11) is 4.59. The van der Waals surface area contributed by atoms with E-state index in [0.717, 1.165) is 15.5 Å². The highest BCUT2D eigenvalue weighted by Crippen LogP contribution is 2.36. The maximum atomic E-state index is 12.6. The van der Waals surface area contributed by atoms with Crippen molar-refractivity contribution in [3.8, 4) is 0 Å². The van der Waals surface area contributed by atoms with Crippen LogP contribution >= 0.6 is 0 Å². The van der Waals surface area contributed by atoms with Crippen LogP contribution in [0.1, 0.15) is 0 Å². The Balaban J connectivity index is 2.11. The van der Waals surface area contributed by atoms with E-state index in [-0.39, 0.29) is 6.54 Å². The molecule has 2 aliphatic heterocycles. The van der Waals surface area contributed by atoms with Crippen LogP contribution in [0.3, 0.4) is 0 Å². The molecule has 1 aromatic carbocycles. The van der Waals surface area contributed by atoms with Gasteiger partial charge >= 0.3 is 6.03 Å². The van der Waals surface area contributed by atoms with Crippen molar-refractivity contribution in [1.29, 1.82) is 0 Å². The molecule has 0 unspecified atom stereocenters. The van der Waals surface area contributed by atoms with E-state index in [2.05, 4.69) is 5.32 Å². The topological polar surface area (TPSA) is 73.0 Å². The molecule has 1 saturated heterocycles. The van der Waals surface area contributed by atoms with Gasteiger partial charge in [-0.25, -0.2) is 4.79 Å². The normalized spacial score (nSPS) is 20.7. The van der Waals surface area contributed by atoms with Crippen molar-refractivity contribution in [2.75, 3.05) is 37.9 Å². The minimum atomic E-state index is -1.46. The minimum absolute atomic E-state index is 0.170. The van der Waals surface area contributed by atoms with Crippen molar-refractivity contribution in [1.82, 2.24) is 9.80 Å². The predicted molar refractivity (Wildman–Crippen MR) is 77.0 cm³/mol. The molecule has 0 aromatic heterocycles. The fourth-order valence-electron chi connectivity index (χ4n) is 2.93. The van der Waals surface area contributed by atoms with Gasteiger partial charge in [-0.3, -0.25) is 19.4 Å². The number of fused-ring (bicyclic) bond motifs is 1. The fraction of sp³-hybridized carbons (Fsp3) is 0.357. The first-order valence-corrected chi connectivity index (χ1v) is 6.57. The lowest BCUT2D eigenvalue weighted by Gasteiger charge is -2.47. The number of amides is 4. The Kier molecular flexibility index (Phi) is 2.69. The molecule has 4 amide bonds. The van der Waals surface area contributed by atoms with Crippen molar-refractivity contribution in [2.45, 2.75) is 5.54 Å². The molecule has 0 atom stereocenters. The van der Waals surface area contributed by atoms with Crippen LogP contribution in [0.5, 0.6) is 0 Å². The Labute approximate surface area is 122 Å². The lowest BCUT2D eigenvalue weighted by atomic mass is 9.89. The molecule has 21 heavy (non-hydrogen) atoms. The van der Waals surface area contributed by atoms with Gasteiger partial charge in [0.25, 0.3) is 11.8 Å². The smallest absolute Gasteiger partial charge is 0.333 e. The molecule has 0 bridgehead atoms. The number of hydrogen-bond donors (Lipinski definition) is 1. The van der Waals surface area contributed by atoms with Crippen LogP contribution in [0, 0.1) is 0 Å². The van der Waals surface area contributed by atoms with E-state index < -0.39 is 23.4 Å². The lowest BCUT2D eigenvalue weighted by molar-refractivity contribution is -0.148. The number of carbonyl (C=O) groups is 3. The number of likely N-dealkylation sites (N-methyl/N-ethyl adjacent to an activating group) is 3. The molecule has 110 valence electrons. The zero-order valence-corrected chi connectivity index (χ0v) is 12.1. The molecule has 0 saturated carbocycles. The van der Waals surface area contributed by atoms with Crippen molar-refractivity contribution in [2.24, 2.45) is 0 Å². The Morgan fingerprint density at radius 3 is 2.19 bits per heavy atom. The lowest BCUT2D eigenvalue weighted by Crippen LogP contribution is -2.74. The highest BCUT2D eigenvalue weighted by molar-refractivity contribution is 6.24. The quantitative estimate of drug-likeness (QED) is 0.697. The van der Waals surface area contributed by atoms with E-state index in [0.29, 0.717) is 5.69 Å². The first-order chi connectivity index (χ1) is 9.88. The molecule has 2 aliphatic rings. The van der Waals surface area contributed by atoms with Crippen LogP contribution in [0.2, 0.25) is 0 Å². The molecule has 0 radical (unpaired) electrons. The number of anilines is 2. The summed E-state index contributed by atoms with van der Waals surface area (Å²) >= 11 is 0. The first-order valence-electron chi connectivity index (χ1n) is 6.57. The average molecular weight is 288 g/mol. The second-order valence-corrected chi connectivity index (χ2v) is 5.41. The second kappa shape index (κ2) is 4.21. The van der Waals surface area contributed by atoms with Crippen LogP contribution in [0.4, 0.5) is 16.2 Å². The molecule has 7 nitrogen and oxygen atoms in total. The first kappa shape index (κ1) is 13.4. The Hall–Kier alpha value is -2.57. The molecular weight excluding hydrogens is 272 g/mol. The van der Waals surface area contributed by atoms with E-state index in [9.17, 15) is 14.4 Å². The van der Waals surface area contributed by atoms with Gasteiger partial charge in [0.1, 0.15) is 0 Å². The second-order valence-electron chi connectivity index (χ2n) is 5.41. The molecule has 2 heterocycles. The largest absolute Gasteiger partial charge is 0.369 e. The van der Waals surface area contributed by atoms with Crippen LogP contribution in [-0.2, 0) is 9.59 Å². The number of benzene rings is 1. The number of nitrogens with one attached hydrogen (secondary N) is 1. The number of imide groups is 2. The molecule has 1 N–H and O–H groups in total. The van der Waals surface area contributed by atoms with E-state index in [1.165, 1.54) is 14.1 Å². The number of carbonyl (C=O) groups excluding carboxylic acids is 3. The van der Waals surface area contributed by atoms with Crippen LogP contribution in [-0.4, -0.2) is 60.9 Å². The number of rotatable bonds is 0. The number of urea groups is 1. The summed E-state index contributed by atoms with van der Waals surface area (Å²) < 4.78 is 0. The fourth-order valence-corrected chi connectivity index (χ4v) is 2.93. The number of barbiturate groups is 1. The van der Waals surface area contributed by atoms with Crippen LogP contribution in [0.25, 0.3) is 0 Å². The minimum Gasteiger partial charge on any atom is -0.369 e. The van der Waals surface area contributed by atoms with E-state index >= 15 is 0 Å². The third-order valence-electron chi connectivity index (χ3n) is 4.05. The molecule has 1 fully saturated rings. The van der Waals surface area contributed by atoms with Crippen molar-refractivity contribution >= 4 is 29.2 Å². The van der Waals surface area contributed by atoms with Gasteiger partial charge in [0.2, 0.25) is 5.54 Å². The summed E-state index contributed by atoms with van der Waals surface area (Å²) in [6, 6.07) is 6.82. The molecule has 3 rings (SSSR count). The van der Waals surface area contributed by atoms with Gasteiger partial charge in [0.15, 0.2) is 0 Å². The molecule has 7 heteroatoms. The van der Waals surface area contributed by atoms with Crippen molar-refractivity contribution < 1.29 is 14.4 Å². The summed E-state index contributed by atoms with van der Waals surface area (Å²) in [6.07, 6.45) is 0. The summed E-state index contributed by atoms with van der Waals surface area (Å²) in [5, 5.41) is 3.05. The molecular formula is C14H16N4O3. The van der Waals surface area contributed by atoms with Crippen molar-refractivity contribution in [3.05, 3.63) is 24.3 Å². The maximum absolute atomic E-state index is 12.6. The Bertz CT molecular complexity index is 633. The van der Waals surface area contributed by atoms with Gasteiger partial charge in [-0.15, -0.1) is 0 Å². The van der Waals surface area contributed by atoms with Gasteiger partial charge in [-0.1, -0.05) is 12.1 Å². The highest BCUT2D eigenvalue weighted by Gasteiger charge is 2.57. The third kappa shape index (κ3) is 1.63. The van der Waals surface area contributed by atoms with Gasteiger partial charge in [0, 0.05) is 21.1 Å². The number of hydrogen-bond acceptors (Lipinski definition) is 5. The summed E-state index contributed by atoms with van der Waals surface area (Å²) in [5.74, 6) is -1.06. The molecule has 0 aliphatic carbocycles. The summed E-state index contributed by atoms with van der Waals surface area (Å²) in [4.78, 5) is 40.9. The SMILES string of the molecule is CN1C(=O)N(C)C(=O)C2(CN(C)c3ccccc3N2)C1=O. The average Bonchev–Trinajstić information content (AvgIpc) is 2.50. The summed E-state index contributed by atoms with van der Waals surface area (Å²) in [5.41, 5.74) is 0.149. The standard InChI is InChI=1S/C14H16N4O3/c1-16-8-14(15-9-6-4-5-7-10(9)16)11(19)17(2)13(21)18(3)12(14)20/h4-7,15H,8H2,1-3H3. The highest BCUT2D eigenvalue weighted by atomic mass is 16.2. The number of nitrogens with zero attached hydrogens (tertiary/aromatic N) is 3. The van der Waals surface area contributed by atoms with E-state index in [1.54, 1.807) is 0 Å². The maximum Gasteiger partial charge on any atom is 0.333 e. The zero-order valence-electron chi connectivity index (χ0n) is 12.1. The third-order valence-corrected chi connectivity index (χ3v) is 4.05. The van der Waals surface area contributed by atoms with Gasteiger partial charge in [-0.05, 0) is 12.1 Å². The van der Waals surface area contributed by atoms with Crippen LogP contribution < -0.4 is 10.2 Å². The van der Waals surface area contributed by atoms with Crippen LogP contribution in [0.15, 0.2) is 24.3 Å². The predicted octanol–water partition coefficient (Wildman–Crippen LogP) is 0.337. The van der Waals surface area contributed by atoms with Crippen molar-refractivity contribution in [3.63, 3.8) is 0 Å². The zero-order chi connectivity index (χ0) is 15.4. The Morgan fingerprint density at radius 1 is 1.00 bits per heavy atom. The van der Waals surface area contributed by atoms with E-state index in [4.69, 9.17) is 0 Å².